The van der Waals surface area contributed by atoms with Gasteiger partial charge in [-0.3, -0.25) is 4.98 Å². The van der Waals surface area contributed by atoms with Crippen molar-refractivity contribution in [2.75, 3.05) is 0 Å². The van der Waals surface area contributed by atoms with E-state index in [1.165, 1.54) is 0 Å². The molecule has 2 N–H and O–H groups in total. The highest BCUT2D eigenvalue weighted by Crippen LogP contribution is 2.37. The maximum atomic E-state index is 6.12. The lowest BCUT2D eigenvalue weighted by atomic mass is 9.78. The highest BCUT2D eigenvalue weighted by molar-refractivity contribution is 5.15. The number of hydrogen-bond acceptors (Lipinski definition) is 5. The van der Waals surface area contributed by atoms with Gasteiger partial charge in [0.15, 0.2) is 5.82 Å². The zero-order valence-electron chi connectivity index (χ0n) is 9.47. The van der Waals surface area contributed by atoms with Gasteiger partial charge in [-0.05, 0) is 30.9 Å². The summed E-state index contributed by atoms with van der Waals surface area (Å²) in [5, 5.41) is 3.97. The van der Waals surface area contributed by atoms with Crippen LogP contribution in [0.3, 0.4) is 0 Å². The molecule has 2 aromatic heterocycles. The Kier molecular flexibility index (Phi) is 2.40. The zero-order chi connectivity index (χ0) is 11.7. The molecule has 1 fully saturated rings. The third-order valence-electron chi connectivity index (χ3n) is 3.22. The van der Waals surface area contributed by atoms with Crippen LogP contribution in [0, 0.1) is 0 Å². The minimum Gasteiger partial charge on any atom is -0.337 e. The molecule has 0 aliphatic heterocycles. The lowest BCUT2D eigenvalue weighted by molar-refractivity contribution is 0.181. The van der Waals surface area contributed by atoms with Crippen LogP contribution in [-0.2, 0) is 12.0 Å². The van der Waals surface area contributed by atoms with E-state index in [1.54, 1.807) is 12.4 Å². The van der Waals surface area contributed by atoms with Crippen molar-refractivity contribution < 1.29 is 4.52 Å². The van der Waals surface area contributed by atoms with Gasteiger partial charge in [-0.2, -0.15) is 4.98 Å². The van der Waals surface area contributed by atoms with E-state index in [4.69, 9.17) is 10.3 Å². The smallest absolute Gasteiger partial charge is 0.246 e. The Morgan fingerprint density at radius 1 is 1.41 bits per heavy atom. The lowest BCUT2D eigenvalue weighted by Crippen LogP contribution is -2.43. The first-order valence-corrected chi connectivity index (χ1v) is 5.77. The summed E-state index contributed by atoms with van der Waals surface area (Å²) in [7, 11) is 0. The van der Waals surface area contributed by atoms with Crippen LogP contribution in [0.15, 0.2) is 29.0 Å². The van der Waals surface area contributed by atoms with Crippen molar-refractivity contribution in [3.05, 3.63) is 41.8 Å². The molecule has 5 nitrogen and oxygen atoms in total. The summed E-state index contributed by atoms with van der Waals surface area (Å²) in [6.45, 7) is 0. The van der Waals surface area contributed by atoms with E-state index in [9.17, 15) is 0 Å². The van der Waals surface area contributed by atoms with Crippen molar-refractivity contribution >= 4 is 0 Å². The van der Waals surface area contributed by atoms with Crippen molar-refractivity contribution in [2.45, 2.75) is 31.2 Å². The van der Waals surface area contributed by atoms with E-state index < -0.39 is 0 Å². The maximum Gasteiger partial charge on any atom is 0.246 e. The molecule has 0 bridgehead atoms. The van der Waals surface area contributed by atoms with E-state index >= 15 is 0 Å². The van der Waals surface area contributed by atoms with Crippen molar-refractivity contribution in [1.82, 2.24) is 15.1 Å². The van der Waals surface area contributed by atoms with Crippen LogP contribution in [0.1, 0.15) is 36.5 Å². The quantitative estimate of drug-likeness (QED) is 0.862. The van der Waals surface area contributed by atoms with Gasteiger partial charge >= 0.3 is 0 Å². The van der Waals surface area contributed by atoms with Crippen molar-refractivity contribution in [2.24, 2.45) is 5.73 Å². The number of pyridine rings is 1. The molecule has 0 radical (unpaired) electrons. The largest absolute Gasteiger partial charge is 0.337 e. The number of nitrogens with two attached hydrogens (primary N) is 1. The summed E-state index contributed by atoms with van der Waals surface area (Å²) in [5.41, 5.74) is 6.82. The van der Waals surface area contributed by atoms with Crippen LogP contribution < -0.4 is 5.73 Å². The second kappa shape index (κ2) is 3.92. The minimum absolute atomic E-state index is 0.375. The molecule has 1 aliphatic rings. The Morgan fingerprint density at radius 2 is 2.29 bits per heavy atom. The summed E-state index contributed by atoms with van der Waals surface area (Å²) >= 11 is 0. The van der Waals surface area contributed by atoms with Crippen LogP contribution in [0.5, 0.6) is 0 Å². The number of rotatable bonds is 3. The van der Waals surface area contributed by atoms with Crippen LogP contribution in [0.25, 0.3) is 0 Å². The second-order valence-electron chi connectivity index (χ2n) is 4.56. The van der Waals surface area contributed by atoms with Gasteiger partial charge in [-0.1, -0.05) is 11.2 Å². The van der Waals surface area contributed by atoms with E-state index in [-0.39, 0.29) is 5.54 Å². The van der Waals surface area contributed by atoms with Gasteiger partial charge in [0.2, 0.25) is 5.89 Å². The van der Waals surface area contributed by atoms with E-state index in [0.717, 1.165) is 24.8 Å². The fourth-order valence-corrected chi connectivity index (χ4v) is 1.98. The SMILES string of the molecule is NC1(c2nc(Cc3cccnc3)no2)CCC1. The van der Waals surface area contributed by atoms with Crippen molar-refractivity contribution in [3.8, 4) is 0 Å². The molecule has 2 aromatic rings. The first-order chi connectivity index (χ1) is 8.26. The average molecular weight is 230 g/mol. The molecule has 2 heterocycles. The Morgan fingerprint density at radius 3 is 2.94 bits per heavy atom. The number of hydrogen-bond donors (Lipinski definition) is 1. The average Bonchev–Trinajstić information content (AvgIpc) is 2.76. The summed E-state index contributed by atoms with van der Waals surface area (Å²) in [4.78, 5) is 8.42. The third kappa shape index (κ3) is 1.93. The normalized spacial score (nSPS) is 17.7. The predicted molar refractivity (Wildman–Crippen MR) is 61.1 cm³/mol. The third-order valence-corrected chi connectivity index (χ3v) is 3.22. The van der Waals surface area contributed by atoms with Gasteiger partial charge in [-0.25, -0.2) is 0 Å². The second-order valence-corrected chi connectivity index (χ2v) is 4.56. The minimum atomic E-state index is -0.375. The molecule has 88 valence electrons. The van der Waals surface area contributed by atoms with Crippen LogP contribution in [0.4, 0.5) is 0 Å². The Labute approximate surface area is 99.1 Å². The number of nitrogens with zero attached hydrogens (tertiary/aromatic N) is 3. The zero-order valence-corrected chi connectivity index (χ0v) is 9.47. The molecule has 5 heteroatoms. The molecule has 3 rings (SSSR count). The summed E-state index contributed by atoms with van der Waals surface area (Å²) in [6.07, 6.45) is 7.18. The predicted octanol–water partition coefficient (Wildman–Crippen LogP) is 1.39. The summed E-state index contributed by atoms with van der Waals surface area (Å²) < 4.78 is 5.24. The molecular weight excluding hydrogens is 216 g/mol. The first-order valence-electron chi connectivity index (χ1n) is 5.77. The Balaban J connectivity index is 1.77. The van der Waals surface area contributed by atoms with E-state index in [0.29, 0.717) is 18.1 Å². The van der Waals surface area contributed by atoms with E-state index in [2.05, 4.69) is 15.1 Å². The standard InChI is InChI=1S/C12H14N4O/c13-12(4-2-5-12)11-15-10(16-17-11)7-9-3-1-6-14-8-9/h1,3,6,8H,2,4-5,7,13H2. The highest BCUT2D eigenvalue weighted by Gasteiger charge is 2.39. The molecule has 0 atom stereocenters. The van der Waals surface area contributed by atoms with Gasteiger partial charge in [-0.15, -0.1) is 0 Å². The van der Waals surface area contributed by atoms with Crippen molar-refractivity contribution in [1.29, 1.82) is 0 Å². The topological polar surface area (TPSA) is 77.8 Å². The molecule has 17 heavy (non-hydrogen) atoms. The van der Waals surface area contributed by atoms with Crippen LogP contribution >= 0.6 is 0 Å². The van der Waals surface area contributed by atoms with Gasteiger partial charge in [0.05, 0.1) is 5.54 Å². The van der Waals surface area contributed by atoms with Gasteiger partial charge in [0.1, 0.15) is 0 Å². The van der Waals surface area contributed by atoms with Gasteiger partial charge in [0, 0.05) is 18.8 Å². The summed E-state index contributed by atoms with van der Waals surface area (Å²) in [5.74, 6) is 1.24. The fourth-order valence-electron chi connectivity index (χ4n) is 1.98. The molecular formula is C12H14N4O. The van der Waals surface area contributed by atoms with Gasteiger partial charge < -0.3 is 10.3 Å². The first kappa shape index (κ1) is 10.4. The molecule has 1 saturated carbocycles. The highest BCUT2D eigenvalue weighted by atomic mass is 16.5. The molecule has 1 aliphatic carbocycles. The van der Waals surface area contributed by atoms with Crippen LogP contribution in [0.2, 0.25) is 0 Å². The molecule has 0 amide bonds. The fraction of sp³-hybridized carbons (Fsp3) is 0.417. The van der Waals surface area contributed by atoms with Crippen LogP contribution in [-0.4, -0.2) is 15.1 Å². The maximum absolute atomic E-state index is 6.12. The number of aromatic nitrogens is 3. The Hall–Kier alpha value is -1.75. The molecule has 0 unspecified atom stereocenters. The molecule has 0 saturated heterocycles. The molecule has 0 aromatic carbocycles. The van der Waals surface area contributed by atoms with E-state index in [1.807, 2.05) is 12.1 Å². The lowest BCUT2D eigenvalue weighted by Gasteiger charge is -2.33. The monoisotopic (exact) mass is 230 g/mol. The van der Waals surface area contributed by atoms with Crippen molar-refractivity contribution in [3.63, 3.8) is 0 Å². The summed E-state index contributed by atoms with van der Waals surface area (Å²) in [6, 6.07) is 3.89. The van der Waals surface area contributed by atoms with Gasteiger partial charge in [0.25, 0.3) is 0 Å². The Bertz CT molecular complexity index is 504. The molecule has 0 spiro atoms.